The third-order valence-electron chi connectivity index (χ3n) is 2.70. The van der Waals surface area contributed by atoms with Gasteiger partial charge >= 0.3 is 7.82 Å². The SMILES string of the molecule is CCCCCOC[C@H](CO)OP(=O)(O)OCC[N+](C)(C)C. The Balaban J connectivity index is 3.99. The van der Waals surface area contributed by atoms with E-state index in [-0.39, 0.29) is 13.2 Å². The van der Waals surface area contributed by atoms with Crippen LogP contribution >= 0.6 is 7.82 Å². The number of quaternary nitrogens is 1. The number of aliphatic hydroxyl groups excluding tert-OH is 1. The van der Waals surface area contributed by atoms with Gasteiger partial charge in [-0.1, -0.05) is 19.8 Å². The number of phosphoric ester groups is 1. The molecular formula is C13H31NO6P+. The van der Waals surface area contributed by atoms with E-state index >= 15 is 0 Å². The van der Waals surface area contributed by atoms with E-state index < -0.39 is 20.5 Å². The van der Waals surface area contributed by atoms with Crippen molar-refractivity contribution in [2.75, 3.05) is 54.1 Å². The third-order valence-corrected chi connectivity index (χ3v) is 3.77. The number of rotatable bonds is 13. The summed E-state index contributed by atoms with van der Waals surface area (Å²) in [5.41, 5.74) is 0. The highest BCUT2D eigenvalue weighted by atomic mass is 31.2. The van der Waals surface area contributed by atoms with Crippen LogP contribution < -0.4 is 0 Å². The van der Waals surface area contributed by atoms with Crippen LogP contribution in [0.5, 0.6) is 0 Å². The monoisotopic (exact) mass is 328 g/mol. The van der Waals surface area contributed by atoms with Crippen molar-refractivity contribution in [3.8, 4) is 0 Å². The van der Waals surface area contributed by atoms with Gasteiger partial charge in [-0.2, -0.15) is 0 Å². The number of phosphoric acid groups is 1. The van der Waals surface area contributed by atoms with Gasteiger partial charge in [0.2, 0.25) is 0 Å². The predicted octanol–water partition coefficient (Wildman–Crippen LogP) is 1.39. The minimum Gasteiger partial charge on any atom is -0.394 e. The second kappa shape index (κ2) is 10.7. The first-order valence-corrected chi connectivity index (χ1v) is 8.84. The minimum absolute atomic E-state index is 0.0729. The Kier molecular flexibility index (Phi) is 10.7. The maximum atomic E-state index is 11.7. The molecule has 0 radical (unpaired) electrons. The zero-order chi connectivity index (χ0) is 16.4. The normalized spacial score (nSPS) is 16.7. The van der Waals surface area contributed by atoms with Gasteiger partial charge in [-0.25, -0.2) is 4.57 Å². The van der Waals surface area contributed by atoms with E-state index in [9.17, 15) is 9.46 Å². The molecule has 1 unspecified atom stereocenters. The average Bonchev–Trinajstić information content (AvgIpc) is 2.35. The van der Waals surface area contributed by atoms with Crippen LogP contribution in [0.15, 0.2) is 0 Å². The molecule has 8 heteroatoms. The van der Waals surface area contributed by atoms with E-state index in [1.54, 1.807) is 0 Å². The minimum atomic E-state index is -4.16. The van der Waals surface area contributed by atoms with Crippen molar-refractivity contribution in [3.05, 3.63) is 0 Å². The Morgan fingerprint density at radius 2 is 1.86 bits per heavy atom. The quantitative estimate of drug-likeness (QED) is 0.302. The first-order chi connectivity index (χ1) is 9.70. The number of aliphatic hydroxyl groups is 1. The number of hydrogen-bond donors (Lipinski definition) is 2. The molecule has 0 aromatic carbocycles. The van der Waals surface area contributed by atoms with Crippen LogP contribution in [0.25, 0.3) is 0 Å². The van der Waals surface area contributed by atoms with Crippen molar-refractivity contribution in [1.82, 2.24) is 0 Å². The summed E-state index contributed by atoms with van der Waals surface area (Å²) in [7, 11) is 1.69. The highest BCUT2D eigenvalue weighted by molar-refractivity contribution is 7.47. The molecule has 2 atom stereocenters. The van der Waals surface area contributed by atoms with E-state index in [4.69, 9.17) is 18.9 Å². The summed E-state index contributed by atoms with van der Waals surface area (Å²) in [5.74, 6) is 0. The first-order valence-electron chi connectivity index (χ1n) is 7.35. The number of unbranched alkanes of at least 4 members (excludes halogenated alkanes) is 2. The second-order valence-corrected chi connectivity index (χ2v) is 7.41. The molecule has 0 bridgehead atoms. The average molecular weight is 328 g/mol. The van der Waals surface area contributed by atoms with Gasteiger partial charge in [-0.3, -0.25) is 9.05 Å². The molecule has 0 spiro atoms. The van der Waals surface area contributed by atoms with Gasteiger partial charge in [0.05, 0.1) is 34.4 Å². The largest absolute Gasteiger partial charge is 0.472 e. The summed E-state index contributed by atoms with van der Waals surface area (Å²) >= 11 is 0. The van der Waals surface area contributed by atoms with Crippen LogP contribution in [-0.4, -0.2) is 74.7 Å². The standard InChI is InChI=1S/C13H30NO6P/c1-5-6-7-9-18-12-13(11-15)20-21(16,17)19-10-8-14(2,3)4/h13,15H,5-12H2,1-4H3/p+1/t13-/m0/s1. The third kappa shape index (κ3) is 13.4. The summed E-state index contributed by atoms with van der Waals surface area (Å²) in [4.78, 5) is 9.59. The summed E-state index contributed by atoms with van der Waals surface area (Å²) in [6.07, 6.45) is 2.23. The number of ether oxygens (including phenoxy) is 1. The summed E-state index contributed by atoms with van der Waals surface area (Å²) < 4.78 is 27.5. The molecule has 0 saturated heterocycles. The van der Waals surface area contributed by atoms with Crippen LogP contribution in [0, 0.1) is 0 Å². The zero-order valence-electron chi connectivity index (χ0n) is 13.7. The van der Waals surface area contributed by atoms with Gasteiger partial charge in [0.25, 0.3) is 0 Å². The molecule has 0 aliphatic rings. The highest BCUT2D eigenvalue weighted by Crippen LogP contribution is 2.44. The molecule has 0 aromatic heterocycles. The van der Waals surface area contributed by atoms with Crippen LogP contribution in [0.3, 0.4) is 0 Å². The van der Waals surface area contributed by atoms with Crippen molar-refractivity contribution in [1.29, 1.82) is 0 Å². The fraction of sp³-hybridized carbons (Fsp3) is 1.00. The van der Waals surface area contributed by atoms with E-state index in [0.717, 1.165) is 19.3 Å². The van der Waals surface area contributed by atoms with E-state index in [2.05, 4.69) is 6.92 Å². The van der Waals surface area contributed by atoms with Crippen molar-refractivity contribution in [2.24, 2.45) is 0 Å². The fourth-order valence-corrected chi connectivity index (χ4v) is 2.31. The molecule has 0 saturated carbocycles. The van der Waals surface area contributed by atoms with Crippen LogP contribution in [0.4, 0.5) is 0 Å². The van der Waals surface area contributed by atoms with E-state index in [1.165, 1.54) is 0 Å². The smallest absolute Gasteiger partial charge is 0.394 e. The summed E-state index contributed by atoms with van der Waals surface area (Å²) in [5, 5.41) is 9.15. The number of hydrogen-bond acceptors (Lipinski definition) is 5. The predicted molar refractivity (Wildman–Crippen MR) is 81.0 cm³/mol. The molecule has 0 fully saturated rings. The molecule has 0 heterocycles. The van der Waals surface area contributed by atoms with Gasteiger partial charge in [0.1, 0.15) is 19.3 Å². The highest BCUT2D eigenvalue weighted by Gasteiger charge is 2.27. The fourth-order valence-electron chi connectivity index (χ4n) is 1.43. The lowest BCUT2D eigenvalue weighted by Gasteiger charge is -2.24. The van der Waals surface area contributed by atoms with Crippen molar-refractivity contribution >= 4 is 7.82 Å². The Labute approximate surface area is 128 Å². The first kappa shape index (κ1) is 21.0. The Morgan fingerprint density at radius 3 is 2.38 bits per heavy atom. The van der Waals surface area contributed by atoms with Gasteiger partial charge in [0.15, 0.2) is 0 Å². The van der Waals surface area contributed by atoms with Gasteiger partial charge < -0.3 is 19.2 Å². The molecule has 21 heavy (non-hydrogen) atoms. The van der Waals surface area contributed by atoms with Crippen LogP contribution in [0.1, 0.15) is 26.2 Å². The molecule has 0 aliphatic carbocycles. The lowest BCUT2D eigenvalue weighted by Crippen LogP contribution is -2.37. The molecule has 128 valence electrons. The van der Waals surface area contributed by atoms with Gasteiger partial charge in [-0.05, 0) is 6.42 Å². The topological polar surface area (TPSA) is 85.2 Å². The Morgan fingerprint density at radius 1 is 1.19 bits per heavy atom. The maximum absolute atomic E-state index is 11.7. The number of nitrogens with zero attached hydrogens (tertiary/aromatic N) is 1. The summed E-state index contributed by atoms with van der Waals surface area (Å²) in [6, 6.07) is 0. The van der Waals surface area contributed by atoms with Crippen molar-refractivity contribution in [3.63, 3.8) is 0 Å². The Hall–Kier alpha value is -0.0100. The van der Waals surface area contributed by atoms with Crippen molar-refractivity contribution in [2.45, 2.75) is 32.3 Å². The van der Waals surface area contributed by atoms with Crippen LogP contribution in [0.2, 0.25) is 0 Å². The van der Waals surface area contributed by atoms with Crippen molar-refractivity contribution < 1.29 is 32.8 Å². The lowest BCUT2D eigenvalue weighted by molar-refractivity contribution is -0.870. The molecule has 2 N–H and O–H groups in total. The maximum Gasteiger partial charge on any atom is 0.472 e. The lowest BCUT2D eigenvalue weighted by atomic mass is 10.3. The van der Waals surface area contributed by atoms with Gasteiger partial charge in [-0.15, -0.1) is 0 Å². The molecule has 0 aliphatic heterocycles. The van der Waals surface area contributed by atoms with E-state index in [0.29, 0.717) is 17.6 Å². The van der Waals surface area contributed by atoms with Crippen LogP contribution in [-0.2, 0) is 18.3 Å². The molecule has 0 amide bonds. The molecule has 0 aromatic rings. The number of likely N-dealkylation sites (N-methyl/N-ethyl adjacent to an activating group) is 1. The zero-order valence-corrected chi connectivity index (χ0v) is 14.6. The van der Waals surface area contributed by atoms with Gasteiger partial charge in [0, 0.05) is 6.61 Å². The molecular weight excluding hydrogens is 297 g/mol. The summed E-state index contributed by atoms with van der Waals surface area (Å²) in [6.45, 7) is 3.00. The molecule has 7 nitrogen and oxygen atoms in total. The Bertz CT molecular complexity index is 308. The molecule has 0 rings (SSSR count). The second-order valence-electron chi connectivity index (χ2n) is 6.01. The van der Waals surface area contributed by atoms with E-state index in [1.807, 2.05) is 21.1 Å².